The second kappa shape index (κ2) is 5.46. The number of benzene rings is 1. The van der Waals surface area contributed by atoms with Crippen molar-refractivity contribution in [2.24, 2.45) is 5.73 Å². The number of aromatic nitrogens is 2. The lowest BCUT2D eigenvalue weighted by Crippen LogP contribution is -2.14. The van der Waals surface area contributed by atoms with E-state index in [2.05, 4.69) is 4.98 Å². The van der Waals surface area contributed by atoms with Gasteiger partial charge in [-0.2, -0.15) is 13.2 Å². The maximum absolute atomic E-state index is 12.8. The highest BCUT2D eigenvalue weighted by Gasteiger charge is 2.31. The molecule has 0 radical (unpaired) electrons. The van der Waals surface area contributed by atoms with Gasteiger partial charge in [-0.3, -0.25) is 0 Å². The van der Waals surface area contributed by atoms with Gasteiger partial charge in [-0.1, -0.05) is 18.5 Å². The van der Waals surface area contributed by atoms with Gasteiger partial charge in [-0.25, -0.2) is 4.98 Å². The topological polar surface area (TPSA) is 43.8 Å². The quantitative estimate of drug-likeness (QED) is 0.933. The summed E-state index contributed by atoms with van der Waals surface area (Å²) in [6, 6.07) is 2.85. The number of imidazole rings is 1. The first kappa shape index (κ1) is 14.9. The van der Waals surface area contributed by atoms with Crippen molar-refractivity contribution in [2.45, 2.75) is 25.6 Å². The molecule has 2 aromatic rings. The first-order valence-electron chi connectivity index (χ1n) is 5.99. The van der Waals surface area contributed by atoms with Gasteiger partial charge in [0.25, 0.3) is 0 Å². The van der Waals surface area contributed by atoms with Crippen molar-refractivity contribution in [3.05, 3.63) is 47.0 Å². The smallest absolute Gasteiger partial charge is 0.323 e. The molecule has 108 valence electrons. The SMILES string of the molecule is CC[C@@H](N)c1cncn1-c1cc(C(F)(F)F)ccc1Cl. The maximum atomic E-state index is 12.8. The van der Waals surface area contributed by atoms with Crippen molar-refractivity contribution in [3.8, 4) is 5.69 Å². The Labute approximate surface area is 119 Å². The number of halogens is 4. The van der Waals surface area contributed by atoms with Gasteiger partial charge in [0, 0.05) is 6.04 Å². The Morgan fingerprint density at radius 3 is 2.70 bits per heavy atom. The van der Waals surface area contributed by atoms with Gasteiger partial charge in [0.2, 0.25) is 0 Å². The van der Waals surface area contributed by atoms with Gasteiger partial charge in [-0.15, -0.1) is 0 Å². The van der Waals surface area contributed by atoms with Crippen LogP contribution in [-0.4, -0.2) is 9.55 Å². The minimum Gasteiger partial charge on any atom is -0.323 e. The molecule has 0 fully saturated rings. The lowest BCUT2D eigenvalue weighted by Gasteiger charge is -2.16. The minimum absolute atomic E-state index is 0.209. The zero-order chi connectivity index (χ0) is 14.9. The van der Waals surface area contributed by atoms with Gasteiger partial charge < -0.3 is 10.3 Å². The molecule has 1 heterocycles. The van der Waals surface area contributed by atoms with E-state index in [4.69, 9.17) is 17.3 Å². The van der Waals surface area contributed by atoms with Crippen LogP contribution in [-0.2, 0) is 6.18 Å². The molecule has 0 aliphatic carbocycles. The van der Waals surface area contributed by atoms with Crippen LogP contribution in [0.3, 0.4) is 0 Å². The van der Waals surface area contributed by atoms with Crippen LogP contribution in [0.1, 0.15) is 30.6 Å². The minimum atomic E-state index is -4.42. The van der Waals surface area contributed by atoms with Gasteiger partial charge in [0.15, 0.2) is 0 Å². The molecule has 0 amide bonds. The molecule has 2 rings (SSSR count). The second-order valence-electron chi connectivity index (χ2n) is 4.37. The molecular formula is C13H13ClF3N3. The molecule has 7 heteroatoms. The van der Waals surface area contributed by atoms with E-state index >= 15 is 0 Å². The fourth-order valence-corrected chi connectivity index (χ4v) is 2.07. The average Bonchev–Trinajstić information content (AvgIpc) is 2.86. The van der Waals surface area contributed by atoms with E-state index in [0.29, 0.717) is 12.1 Å². The number of nitrogens with zero attached hydrogens (tertiary/aromatic N) is 2. The zero-order valence-electron chi connectivity index (χ0n) is 10.7. The van der Waals surface area contributed by atoms with Crippen molar-refractivity contribution < 1.29 is 13.2 Å². The summed E-state index contributed by atoms with van der Waals surface area (Å²) >= 11 is 6.00. The van der Waals surface area contributed by atoms with Crippen molar-refractivity contribution in [2.75, 3.05) is 0 Å². The maximum Gasteiger partial charge on any atom is 0.416 e. The number of nitrogens with two attached hydrogens (primary N) is 1. The number of hydrogen-bond acceptors (Lipinski definition) is 2. The molecule has 0 aliphatic rings. The highest BCUT2D eigenvalue weighted by Crippen LogP contribution is 2.34. The Morgan fingerprint density at radius 1 is 1.40 bits per heavy atom. The normalized spacial score (nSPS) is 13.5. The van der Waals surface area contributed by atoms with E-state index in [1.54, 1.807) is 0 Å². The second-order valence-corrected chi connectivity index (χ2v) is 4.77. The highest BCUT2D eigenvalue weighted by atomic mass is 35.5. The largest absolute Gasteiger partial charge is 0.416 e. The van der Waals surface area contributed by atoms with Crippen molar-refractivity contribution in [1.82, 2.24) is 9.55 Å². The molecular weight excluding hydrogens is 291 g/mol. The summed E-state index contributed by atoms with van der Waals surface area (Å²) in [4.78, 5) is 3.94. The molecule has 0 spiro atoms. The summed E-state index contributed by atoms with van der Waals surface area (Å²) in [5.41, 5.74) is 6.00. The predicted octanol–water partition coefficient (Wildman–Crippen LogP) is 3.95. The Bertz CT molecular complexity index is 607. The zero-order valence-corrected chi connectivity index (χ0v) is 11.4. The Kier molecular flexibility index (Phi) is 4.06. The Balaban J connectivity index is 2.55. The van der Waals surface area contributed by atoms with Gasteiger partial charge in [0.1, 0.15) is 0 Å². The first-order chi connectivity index (χ1) is 9.34. The Hall–Kier alpha value is -1.53. The van der Waals surface area contributed by atoms with Gasteiger partial charge in [0.05, 0.1) is 34.5 Å². The molecule has 0 aliphatic heterocycles. The molecule has 0 bridgehead atoms. The monoisotopic (exact) mass is 303 g/mol. The molecule has 1 aromatic carbocycles. The first-order valence-corrected chi connectivity index (χ1v) is 6.37. The lowest BCUT2D eigenvalue weighted by molar-refractivity contribution is -0.137. The number of alkyl halides is 3. The summed E-state index contributed by atoms with van der Waals surface area (Å²) < 4.78 is 39.8. The fourth-order valence-electron chi connectivity index (χ4n) is 1.86. The number of rotatable bonds is 3. The van der Waals surface area contributed by atoms with E-state index < -0.39 is 11.7 Å². The average molecular weight is 304 g/mol. The molecule has 0 saturated heterocycles. The third kappa shape index (κ3) is 2.81. The molecule has 0 unspecified atom stereocenters. The summed E-state index contributed by atoms with van der Waals surface area (Å²) in [5.74, 6) is 0. The van der Waals surface area contributed by atoms with Crippen LogP contribution in [0.2, 0.25) is 5.02 Å². The van der Waals surface area contributed by atoms with Crippen molar-refractivity contribution in [3.63, 3.8) is 0 Å². The van der Waals surface area contributed by atoms with Crippen LogP contribution in [0.15, 0.2) is 30.7 Å². The van der Waals surface area contributed by atoms with E-state index in [0.717, 1.165) is 12.1 Å². The van der Waals surface area contributed by atoms with Crippen molar-refractivity contribution in [1.29, 1.82) is 0 Å². The predicted molar refractivity (Wildman–Crippen MR) is 70.8 cm³/mol. The summed E-state index contributed by atoms with van der Waals surface area (Å²) in [7, 11) is 0. The third-order valence-electron chi connectivity index (χ3n) is 3.02. The van der Waals surface area contributed by atoms with Crippen LogP contribution in [0.4, 0.5) is 13.2 Å². The fraction of sp³-hybridized carbons (Fsp3) is 0.308. The molecule has 20 heavy (non-hydrogen) atoms. The molecule has 0 saturated carbocycles. The van der Waals surface area contributed by atoms with Crippen molar-refractivity contribution >= 4 is 11.6 Å². The van der Waals surface area contributed by atoms with E-state index in [1.807, 2.05) is 6.92 Å². The van der Waals surface area contributed by atoms with E-state index in [1.165, 1.54) is 23.2 Å². The summed E-state index contributed by atoms with van der Waals surface area (Å²) in [6.07, 6.45) is -0.841. The van der Waals surface area contributed by atoms with Gasteiger partial charge in [-0.05, 0) is 24.6 Å². The van der Waals surface area contributed by atoms with Crippen LogP contribution in [0, 0.1) is 0 Å². The van der Waals surface area contributed by atoms with E-state index in [-0.39, 0.29) is 16.8 Å². The van der Waals surface area contributed by atoms with Crippen LogP contribution >= 0.6 is 11.6 Å². The Morgan fingerprint density at radius 2 is 2.10 bits per heavy atom. The van der Waals surface area contributed by atoms with Crippen LogP contribution < -0.4 is 5.73 Å². The molecule has 1 atom stereocenters. The van der Waals surface area contributed by atoms with Gasteiger partial charge >= 0.3 is 6.18 Å². The highest BCUT2D eigenvalue weighted by molar-refractivity contribution is 6.32. The summed E-state index contributed by atoms with van der Waals surface area (Å²) in [5, 5.41) is 0.209. The van der Waals surface area contributed by atoms with Crippen LogP contribution in [0.25, 0.3) is 5.69 Å². The molecule has 1 aromatic heterocycles. The number of hydrogen-bond donors (Lipinski definition) is 1. The molecule has 3 nitrogen and oxygen atoms in total. The van der Waals surface area contributed by atoms with E-state index in [9.17, 15) is 13.2 Å². The lowest BCUT2D eigenvalue weighted by atomic mass is 10.1. The van der Waals surface area contributed by atoms with Crippen LogP contribution in [0.5, 0.6) is 0 Å². The molecule has 2 N–H and O–H groups in total. The standard InChI is InChI=1S/C13H13ClF3N3/c1-2-10(18)12-6-19-7-20(12)11-5-8(13(15,16)17)3-4-9(11)14/h3-7,10H,2,18H2,1H3/t10-/m1/s1. The summed E-state index contributed by atoms with van der Waals surface area (Å²) in [6.45, 7) is 1.88. The third-order valence-corrected chi connectivity index (χ3v) is 3.34.